The number of carbonyl (C=O) groups is 4. The van der Waals surface area contributed by atoms with Crippen LogP contribution in [0.2, 0.25) is 0 Å². The van der Waals surface area contributed by atoms with Gasteiger partial charge in [0.1, 0.15) is 35.8 Å². The predicted octanol–water partition coefficient (Wildman–Crippen LogP) is 10.4. The minimum absolute atomic E-state index is 0.150. The first-order valence-corrected chi connectivity index (χ1v) is 24.7. The number of ether oxygens (including phenoxy) is 3. The largest absolute Gasteiger partial charge is 0.464 e. The summed E-state index contributed by atoms with van der Waals surface area (Å²) in [4.78, 5) is 71.9. The minimum atomic E-state index is -0.739. The molecule has 4 amide bonds. The molecule has 2 aromatic carbocycles. The molecule has 1 fully saturated rings. The van der Waals surface area contributed by atoms with E-state index in [0.717, 1.165) is 46.3 Å². The molecule has 0 saturated carbocycles. The number of methoxy groups -OCH3 is 2. The summed E-state index contributed by atoms with van der Waals surface area (Å²) in [5, 5.41) is 6.00. The van der Waals surface area contributed by atoms with Crippen molar-refractivity contribution in [2.45, 2.75) is 112 Å². The molecule has 6 aromatic rings. The van der Waals surface area contributed by atoms with Crippen molar-refractivity contribution in [1.82, 2.24) is 44.9 Å². The standard InChI is InChI=1S/C46H52FN9O7S.C3H8.C2H6/c1-7-15-54(39(57)23-50-45(59)61-5)24-38-48-21-32(51-38)27-18-30(47)40-35-19-28-17-26(11-13-33(28)56(35)44(63-36(40)20-27)37-14-12-29(8-2)64-37)31-22-49-42(52-31)34-10-9-16-55(34)43(58)41(25(3)4)53-46(60)62-6;1-3-2;1-2/h11-14,17-22,25,34,41,44H,7-10,15-16,23-24H2,1-6H3,(H,48,51)(H,49,52)(H,50,59)(H,53,60);3H2,1-2H3;1-2H3/t34-,41?,44?;;/m0../s1. The Labute approximate surface area is 407 Å². The quantitative estimate of drug-likeness (QED) is 0.0823. The molecule has 0 spiro atoms. The number of H-pyrrole nitrogens is 2. The zero-order valence-electron chi connectivity index (χ0n) is 41.3. The Balaban J connectivity index is 0.00000151. The maximum Gasteiger partial charge on any atom is 0.407 e. The lowest BCUT2D eigenvalue weighted by molar-refractivity contribution is -0.135. The Morgan fingerprint density at radius 3 is 2.35 bits per heavy atom. The molecule has 16 nitrogen and oxygen atoms in total. The minimum Gasteiger partial charge on any atom is -0.464 e. The van der Waals surface area contributed by atoms with Crippen molar-refractivity contribution < 1.29 is 37.8 Å². The molecule has 0 radical (unpaired) electrons. The Morgan fingerprint density at radius 2 is 1.67 bits per heavy atom. The molecule has 6 heterocycles. The van der Waals surface area contributed by atoms with E-state index in [-0.39, 0.29) is 36.9 Å². The maximum absolute atomic E-state index is 16.7. The van der Waals surface area contributed by atoms with Crippen LogP contribution >= 0.6 is 11.3 Å². The highest BCUT2D eigenvalue weighted by Gasteiger charge is 2.38. The SMILES string of the molecule is CC.CCC.CCCN(Cc1ncc(-c2cc(F)c3c(c2)OC(c2ccc(CC)s2)n2c-3cc3cc(-c4cnc([C@@H]5CCCN5C(=O)C(NC(=O)OC)C(C)C)[nH]4)ccc32)[nH]1)C(=O)CNC(=O)OC. The number of likely N-dealkylation sites (tertiary alicyclic amines) is 1. The summed E-state index contributed by atoms with van der Waals surface area (Å²) in [5.74, 6) is 0.439. The fourth-order valence-corrected chi connectivity index (χ4v) is 9.49. The van der Waals surface area contributed by atoms with Crippen molar-refractivity contribution in [2.24, 2.45) is 5.92 Å². The lowest BCUT2D eigenvalue weighted by Crippen LogP contribution is -2.51. The van der Waals surface area contributed by atoms with Gasteiger partial charge in [0, 0.05) is 34.5 Å². The number of nitrogens with zero attached hydrogens (tertiary/aromatic N) is 5. The van der Waals surface area contributed by atoms with Crippen molar-refractivity contribution in [1.29, 1.82) is 0 Å². The third-order valence-corrected chi connectivity index (χ3v) is 13.0. The van der Waals surface area contributed by atoms with Gasteiger partial charge in [-0.05, 0) is 74.1 Å². The normalized spacial score (nSPS) is 15.2. The molecule has 4 aromatic heterocycles. The number of rotatable bonds is 14. The van der Waals surface area contributed by atoms with Crippen molar-refractivity contribution in [3.63, 3.8) is 0 Å². The number of halogens is 1. The van der Waals surface area contributed by atoms with Gasteiger partial charge in [-0.25, -0.2) is 23.9 Å². The monoisotopic (exact) mass is 967 g/mol. The van der Waals surface area contributed by atoms with Crippen molar-refractivity contribution in [2.75, 3.05) is 33.9 Å². The summed E-state index contributed by atoms with van der Waals surface area (Å²) in [5.41, 5.74) is 4.57. The van der Waals surface area contributed by atoms with Gasteiger partial charge in [-0.2, -0.15) is 0 Å². The Kier molecular flexibility index (Phi) is 17.6. The van der Waals surface area contributed by atoms with E-state index in [4.69, 9.17) is 14.5 Å². The number of alkyl carbamates (subject to hydrolysis) is 2. The van der Waals surface area contributed by atoms with Crippen LogP contribution in [0, 0.1) is 11.7 Å². The number of amides is 4. The molecule has 3 atom stereocenters. The number of thiophene rings is 1. The van der Waals surface area contributed by atoms with Gasteiger partial charge in [-0.15, -0.1) is 11.3 Å². The number of aromatic amines is 2. The van der Waals surface area contributed by atoms with E-state index in [2.05, 4.69) is 63.2 Å². The molecule has 0 bridgehead atoms. The smallest absolute Gasteiger partial charge is 0.407 e. The van der Waals surface area contributed by atoms with Crippen LogP contribution < -0.4 is 15.4 Å². The number of hydrogen-bond donors (Lipinski definition) is 4. The summed E-state index contributed by atoms with van der Waals surface area (Å²) in [7, 11) is 2.51. The van der Waals surface area contributed by atoms with Crippen molar-refractivity contribution in [3.05, 3.63) is 88.1 Å². The second kappa shape index (κ2) is 23.6. The van der Waals surface area contributed by atoms with Crippen LogP contribution in [-0.4, -0.2) is 98.2 Å². The first-order valence-electron chi connectivity index (χ1n) is 23.9. The van der Waals surface area contributed by atoms with Crippen LogP contribution in [0.4, 0.5) is 14.0 Å². The van der Waals surface area contributed by atoms with Crippen LogP contribution in [0.15, 0.2) is 60.9 Å². The molecule has 18 heteroatoms. The Morgan fingerprint density at radius 1 is 0.942 bits per heavy atom. The summed E-state index contributed by atoms with van der Waals surface area (Å²) >= 11 is 1.65. The first-order chi connectivity index (χ1) is 33.3. The fraction of sp³-hybridized carbons (Fsp3) is 0.451. The second-order valence-electron chi connectivity index (χ2n) is 17.0. The summed E-state index contributed by atoms with van der Waals surface area (Å²) in [6.07, 6.45) is 5.78. The number of nitrogens with one attached hydrogen (secondary N) is 4. The molecule has 0 aliphatic carbocycles. The zero-order valence-corrected chi connectivity index (χ0v) is 42.1. The Hall–Kier alpha value is -6.69. The van der Waals surface area contributed by atoms with Gasteiger partial charge in [-0.1, -0.05) is 67.9 Å². The first kappa shape index (κ1) is 51.7. The van der Waals surface area contributed by atoms with Gasteiger partial charge < -0.3 is 44.6 Å². The maximum atomic E-state index is 16.7. The van der Waals surface area contributed by atoms with Crippen LogP contribution in [0.25, 0.3) is 44.7 Å². The molecule has 2 aliphatic rings. The van der Waals surface area contributed by atoms with E-state index in [0.29, 0.717) is 59.4 Å². The van der Waals surface area contributed by atoms with Crippen molar-refractivity contribution in [3.8, 4) is 39.5 Å². The van der Waals surface area contributed by atoms with Crippen molar-refractivity contribution >= 4 is 46.2 Å². The average Bonchev–Trinajstić information content (AvgIpc) is 4.22. The molecular weight excluding hydrogens is 902 g/mol. The van der Waals surface area contributed by atoms with Gasteiger partial charge in [0.2, 0.25) is 18.0 Å². The van der Waals surface area contributed by atoms with Crippen LogP contribution in [0.1, 0.15) is 115 Å². The molecule has 2 unspecified atom stereocenters. The van der Waals surface area contributed by atoms with Gasteiger partial charge in [0.05, 0.1) is 72.2 Å². The molecular formula is C51H66FN9O7S. The third-order valence-electron chi connectivity index (χ3n) is 11.7. The highest BCUT2D eigenvalue weighted by molar-refractivity contribution is 7.12. The highest BCUT2D eigenvalue weighted by Crippen LogP contribution is 2.48. The lowest BCUT2D eigenvalue weighted by Gasteiger charge is -2.30. The van der Waals surface area contributed by atoms with Gasteiger partial charge >= 0.3 is 12.2 Å². The average molecular weight is 968 g/mol. The van der Waals surface area contributed by atoms with E-state index in [1.54, 1.807) is 33.5 Å². The topological polar surface area (TPSA) is 189 Å². The number of benzene rings is 2. The third kappa shape index (κ3) is 11.4. The second-order valence-corrected chi connectivity index (χ2v) is 18.2. The lowest BCUT2D eigenvalue weighted by atomic mass is 10.0. The number of aryl methyl sites for hydroxylation is 1. The Bertz CT molecular complexity index is 2720. The number of hydrogen-bond acceptors (Lipinski definition) is 10. The summed E-state index contributed by atoms with van der Waals surface area (Å²) < 4.78 is 34.9. The molecule has 8 rings (SSSR count). The number of fused-ring (bicyclic) bond motifs is 5. The summed E-state index contributed by atoms with van der Waals surface area (Å²) in [6, 6.07) is 14.4. The number of carbonyl (C=O) groups excluding carboxylic acids is 4. The number of aromatic nitrogens is 5. The van der Waals surface area contributed by atoms with Crippen LogP contribution in [-0.2, 0) is 32.0 Å². The molecule has 69 heavy (non-hydrogen) atoms. The molecule has 370 valence electrons. The van der Waals surface area contributed by atoms with E-state index in [9.17, 15) is 19.2 Å². The molecule has 2 aliphatic heterocycles. The zero-order chi connectivity index (χ0) is 49.9. The van der Waals surface area contributed by atoms with Gasteiger partial charge in [0.15, 0.2) is 0 Å². The highest BCUT2D eigenvalue weighted by atomic mass is 32.1. The predicted molar refractivity (Wildman–Crippen MR) is 266 cm³/mol. The van der Waals surface area contributed by atoms with Gasteiger partial charge in [-0.3, -0.25) is 14.2 Å². The van der Waals surface area contributed by atoms with E-state index in [1.165, 1.54) is 31.6 Å². The van der Waals surface area contributed by atoms with E-state index in [1.807, 2.05) is 69.5 Å². The number of imidazole rings is 2. The molecule has 1 saturated heterocycles. The van der Waals surface area contributed by atoms with Crippen LogP contribution in [0.5, 0.6) is 5.75 Å². The summed E-state index contributed by atoms with van der Waals surface area (Å²) in [6.45, 7) is 17.0. The van der Waals surface area contributed by atoms with E-state index >= 15 is 4.39 Å². The van der Waals surface area contributed by atoms with Crippen LogP contribution in [0.3, 0.4) is 0 Å². The van der Waals surface area contributed by atoms with Gasteiger partial charge in [0.25, 0.3) is 0 Å². The van der Waals surface area contributed by atoms with E-state index < -0.39 is 30.3 Å². The molecule has 4 N–H and O–H groups in total. The fourth-order valence-electron chi connectivity index (χ4n) is 8.51.